The highest BCUT2D eigenvalue weighted by atomic mass is 16.8. The largest absolute Gasteiger partial charge is 0.481 e. The molecule has 5 aliphatic heterocycles. The van der Waals surface area contributed by atoms with Crippen LogP contribution >= 0.6 is 0 Å². The molecule has 0 aliphatic carbocycles. The maximum atomic E-state index is 14.3. The summed E-state index contributed by atoms with van der Waals surface area (Å²) < 4.78 is 33.7. The number of carbonyl (C=O) groups excluding carboxylic acids is 1. The highest BCUT2D eigenvalue weighted by Crippen LogP contribution is 2.53. The Bertz CT molecular complexity index is 1170. The third-order valence-corrected chi connectivity index (χ3v) is 13.1. The molecule has 16 atom stereocenters. The SMILES string of the molecule is CC[C@@H](C(=O)[C@@H](C)[C@@H](O)[C@H](C)[C@@H]1O[C@@H](CC(=O)O)CC[C@@H]1C)[C@H]1O[C@]2(C=CC[C@]3(CC[C@@](C)([C@H]4CC[C@@H](C)[C@H](C)O4)O3)O2)[C@H](C)C[C@@H]1C. The van der Waals surface area contributed by atoms with Crippen molar-refractivity contribution in [3.8, 4) is 0 Å². The second-order valence-corrected chi connectivity index (χ2v) is 16.8. The van der Waals surface area contributed by atoms with Gasteiger partial charge in [0.05, 0.1) is 48.6 Å². The Morgan fingerprint density at radius 3 is 2.29 bits per heavy atom. The molecule has 4 fully saturated rings. The number of carbonyl (C=O) groups is 2. The molecule has 0 saturated carbocycles. The van der Waals surface area contributed by atoms with E-state index in [-0.39, 0.29) is 66.4 Å². The van der Waals surface area contributed by atoms with Crippen LogP contribution in [0.2, 0.25) is 0 Å². The van der Waals surface area contributed by atoms with Gasteiger partial charge in [0.1, 0.15) is 5.78 Å². The normalized spacial score (nSPS) is 45.9. The molecule has 274 valence electrons. The molecule has 48 heavy (non-hydrogen) atoms. The van der Waals surface area contributed by atoms with E-state index in [1.807, 2.05) is 20.8 Å². The van der Waals surface area contributed by atoms with E-state index in [2.05, 4.69) is 53.7 Å². The van der Waals surface area contributed by atoms with Crippen molar-refractivity contribution in [2.24, 2.45) is 41.4 Å². The number of carboxylic acids is 1. The lowest BCUT2D eigenvalue weighted by Crippen LogP contribution is -2.59. The second kappa shape index (κ2) is 14.7. The number of ketones is 1. The summed E-state index contributed by atoms with van der Waals surface area (Å²) >= 11 is 0. The van der Waals surface area contributed by atoms with Crippen LogP contribution in [0.5, 0.6) is 0 Å². The van der Waals surface area contributed by atoms with Crippen LogP contribution in [-0.4, -0.2) is 75.8 Å². The van der Waals surface area contributed by atoms with Gasteiger partial charge in [0, 0.05) is 36.5 Å². The summed E-state index contributed by atoms with van der Waals surface area (Å²) in [7, 11) is 0. The molecule has 5 rings (SSSR count). The highest BCUT2D eigenvalue weighted by molar-refractivity contribution is 5.84. The average molecular weight is 677 g/mol. The third kappa shape index (κ3) is 7.48. The number of carboxylic acid groups (broad SMARTS) is 1. The number of rotatable bonds is 10. The molecule has 0 aromatic carbocycles. The minimum atomic E-state index is -1.01. The van der Waals surface area contributed by atoms with Crippen LogP contribution in [0.15, 0.2) is 12.2 Å². The fourth-order valence-electron chi connectivity index (χ4n) is 9.62. The van der Waals surface area contributed by atoms with Crippen molar-refractivity contribution in [2.45, 2.75) is 180 Å². The number of aliphatic hydroxyl groups is 1. The molecule has 9 nitrogen and oxygen atoms in total. The number of hydrogen-bond donors (Lipinski definition) is 2. The van der Waals surface area contributed by atoms with Gasteiger partial charge >= 0.3 is 5.97 Å². The average Bonchev–Trinajstić information content (AvgIpc) is 3.36. The molecule has 9 heteroatoms. The third-order valence-electron chi connectivity index (χ3n) is 13.1. The predicted octanol–water partition coefficient (Wildman–Crippen LogP) is 7.08. The van der Waals surface area contributed by atoms with Crippen LogP contribution < -0.4 is 0 Å². The molecule has 0 aromatic rings. The van der Waals surface area contributed by atoms with Crippen molar-refractivity contribution in [3.63, 3.8) is 0 Å². The molecule has 0 aromatic heterocycles. The van der Waals surface area contributed by atoms with Crippen molar-refractivity contribution in [2.75, 3.05) is 0 Å². The smallest absolute Gasteiger partial charge is 0.305 e. The lowest BCUT2D eigenvalue weighted by Gasteiger charge is -2.53. The van der Waals surface area contributed by atoms with Crippen LogP contribution in [0, 0.1) is 41.4 Å². The van der Waals surface area contributed by atoms with Gasteiger partial charge < -0.3 is 33.9 Å². The molecule has 0 bridgehead atoms. The lowest BCUT2D eigenvalue weighted by molar-refractivity contribution is -0.392. The summed E-state index contributed by atoms with van der Waals surface area (Å²) in [5.74, 6) is -3.25. The number of ether oxygens (including phenoxy) is 5. The Balaban J connectivity index is 1.29. The standard InChI is InChI=1S/C39H64O9/c1-10-30(34(43)26(6)33(42)27(7)35-23(3)12-14-29(45-35)21-32(40)41)36-24(4)20-25(5)39(46-36)17-11-16-38(48-39)19-18-37(9,47-38)31-15-13-22(2)28(8)44-31/h11,17,22-31,33,35-36,42H,10,12-16,18-21H2,1-9H3,(H,40,41)/t22-,23+,24+,25-,26+,27+,28+,29-,30+,31-,33-,35-,36+,37+,38-,39+/m1/s1. The first-order valence-electron chi connectivity index (χ1n) is 19.0. The highest BCUT2D eigenvalue weighted by Gasteiger charge is 2.59. The maximum absolute atomic E-state index is 14.3. The van der Waals surface area contributed by atoms with Crippen molar-refractivity contribution >= 4 is 11.8 Å². The zero-order valence-corrected chi connectivity index (χ0v) is 31.0. The van der Waals surface area contributed by atoms with Gasteiger partial charge in [-0.1, -0.05) is 54.5 Å². The topological polar surface area (TPSA) is 121 Å². The number of hydrogen-bond acceptors (Lipinski definition) is 8. The van der Waals surface area contributed by atoms with Crippen LogP contribution in [-0.2, 0) is 33.3 Å². The number of aliphatic carboxylic acids is 1. The fraction of sp³-hybridized carbons (Fsp3) is 0.897. The lowest BCUT2D eigenvalue weighted by atomic mass is 9.72. The van der Waals surface area contributed by atoms with Gasteiger partial charge in [0.15, 0.2) is 11.6 Å². The maximum Gasteiger partial charge on any atom is 0.305 e. The van der Waals surface area contributed by atoms with Gasteiger partial charge in [-0.3, -0.25) is 9.59 Å². The van der Waals surface area contributed by atoms with Crippen LogP contribution in [0.4, 0.5) is 0 Å². The fourth-order valence-corrected chi connectivity index (χ4v) is 9.62. The monoisotopic (exact) mass is 676 g/mol. The van der Waals surface area contributed by atoms with Crippen LogP contribution in [0.25, 0.3) is 0 Å². The summed E-state index contributed by atoms with van der Waals surface area (Å²) in [6.07, 6.45) is 9.63. The summed E-state index contributed by atoms with van der Waals surface area (Å²) in [6.45, 7) is 18.7. The van der Waals surface area contributed by atoms with Crippen molar-refractivity contribution in [3.05, 3.63) is 12.2 Å². The van der Waals surface area contributed by atoms with E-state index in [9.17, 15) is 19.8 Å². The zero-order chi connectivity index (χ0) is 35.2. The van der Waals surface area contributed by atoms with Gasteiger partial charge in [-0.2, -0.15) is 0 Å². The first-order chi connectivity index (χ1) is 22.5. The summed E-state index contributed by atoms with van der Waals surface area (Å²) in [6, 6.07) is 0. The summed E-state index contributed by atoms with van der Waals surface area (Å²) in [4.78, 5) is 25.6. The Labute approximate surface area is 288 Å². The molecule has 0 radical (unpaired) electrons. The van der Waals surface area contributed by atoms with E-state index in [4.69, 9.17) is 23.7 Å². The molecule has 0 unspecified atom stereocenters. The Morgan fingerprint density at radius 1 is 0.917 bits per heavy atom. The van der Waals surface area contributed by atoms with Gasteiger partial charge in [0.2, 0.25) is 0 Å². The van der Waals surface area contributed by atoms with Crippen LogP contribution in [0.1, 0.15) is 127 Å². The van der Waals surface area contributed by atoms with E-state index in [1.54, 1.807) is 0 Å². The quantitative estimate of drug-likeness (QED) is 0.234. The molecular weight excluding hydrogens is 612 g/mol. The van der Waals surface area contributed by atoms with Crippen molar-refractivity contribution < 1.29 is 43.5 Å². The first kappa shape index (κ1) is 37.9. The summed E-state index contributed by atoms with van der Waals surface area (Å²) in [5, 5.41) is 20.9. The van der Waals surface area contributed by atoms with Gasteiger partial charge in [-0.15, -0.1) is 0 Å². The molecule has 5 heterocycles. The minimum Gasteiger partial charge on any atom is -0.481 e. The van der Waals surface area contributed by atoms with E-state index in [1.165, 1.54) is 0 Å². The van der Waals surface area contributed by atoms with Crippen molar-refractivity contribution in [1.29, 1.82) is 0 Å². The Morgan fingerprint density at radius 2 is 1.62 bits per heavy atom. The van der Waals surface area contributed by atoms with Gasteiger partial charge in [-0.25, -0.2) is 0 Å². The Kier molecular flexibility index (Phi) is 11.6. The van der Waals surface area contributed by atoms with Crippen molar-refractivity contribution in [1.82, 2.24) is 0 Å². The summed E-state index contributed by atoms with van der Waals surface area (Å²) in [5.41, 5.74) is -0.442. The zero-order valence-electron chi connectivity index (χ0n) is 31.0. The molecule has 0 amide bonds. The van der Waals surface area contributed by atoms with Gasteiger partial charge in [0.25, 0.3) is 0 Å². The van der Waals surface area contributed by atoms with E-state index in [0.717, 1.165) is 38.5 Å². The van der Waals surface area contributed by atoms with E-state index in [0.29, 0.717) is 25.2 Å². The van der Waals surface area contributed by atoms with E-state index >= 15 is 0 Å². The molecule has 2 spiro atoms. The number of aliphatic hydroxyl groups excluding tert-OH is 1. The molecule has 2 N–H and O–H groups in total. The van der Waals surface area contributed by atoms with Gasteiger partial charge in [-0.05, 0) is 82.6 Å². The second-order valence-electron chi connectivity index (χ2n) is 16.8. The Hall–Kier alpha value is -1.36. The molecule has 4 saturated heterocycles. The number of Topliss-reactive ketones (excluding diaryl/α,β-unsaturated/α-hetero) is 1. The van der Waals surface area contributed by atoms with Crippen LogP contribution in [0.3, 0.4) is 0 Å². The molecular formula is C39H64O9. The molecule has 5 aliphatic rings. The first-order valence-corrected chi connectivity index (χ1v) is 19.0. The predicted molar refractivity (Wildman–Crippen MR) is 182 cm³/mol. The van der Waals surface area contributed by atoms with E-state index < -0.39 is 41.1 Å². The minimum absolute atomic E-state index is 0.0130.